The fourth-order valence-corrected chi connectivity index (χ4v) is 4.33. The highest BCUT2D eigenvalue weighted by Crippen LogP contribution is 2.31. The number of ether oxygens (including phenoxy) is 1. The van der Waals surface area contributed by atoms with E-state index in [1.165, 1.54) is 23.8 Å². The largest absolute Gasteiger partial charge is 0.573 e. The highest BCUT2D eigenvalue weighted by atomic mass is 19.4. The van der Waals surface area contributed by atoms with Crippen LogP contribution in [-0.4, -0.2) is 22.4 Å². The van der Waals surface area contributed by atoms with Crippen LogP contribution in [0.3, 0.4) is 0 Å². The highest BCUT2D eigenvalue weighted by Gasteiger charge is 2.31. The first-order chi connectivity index (χ1) is 15.7. The predicted octanol–water partition coefficient (Wildman–Crippen LogP) is 7.07. The monoisotopic (exact) mass is 456 g/mol. The Labute approximate surface area is 191 Å². The van der Waals surface area contributed by atoms with E-state index in [0.29, 0.717) is 23.0 Å². The summed E-state index contributed by atoms with van der Waals surface area (Å²) in [5, 5.41) is 6.79. The zero-order valence-corrected chi connectivity index (χ0v) is 18.9. The molecule has 2 aromatic carbocycles. The third kappa shape index (κ3) is 5.94. The van der Waals surface area contributed by atoms with Crippen molar-refractivity contribution >= 4 is 17.5 Å². The third-order valence-corrected chi connectivity index (χ3v) is 5.71. The van der Waals surface area contributed by atoms with Gasteiger partial charge in [-0.05, 0) is 56.9 Å². The Morgan fingerprint density at radius 1 is 0.939 bits per heavy atom. The molecule has 0 saturated heterocycles. The van der Waals surface area contributed by atoms with Crippen molar-refractivity contribution in [2.24, 2.45) is 0 Å². The molecular weight excluding hydrogens is 429 g/mol. The van der Waals surface area contributed by atoms with Crippen molar-refractivity contribution in [3.05, 3.63) is 59.2 Å². The van der Waals surface area contributed by atoms with E-state index in [4.69, 9.17) is 0 Å². The SMILES string of the molecule is Cc1cc(C)c(Nc2cc(-c3cccc(OC(F)(F)F)c3)nc(NC3CCCC3)n2)c(C)c1. The molecule has 3 aromatic rings. The molecule has 174 valence electrons. The number of nitrogens with one attached hydrogen (secondary N) is 2. The Morgan fingerprint density at radius 2 is 1.64 bits per heavy atom. The molecule has 2 N–H and O–H groups in total. The normalized spacial score (nSPS) is 14.4. The molecule has 0 aliphatic heterocycles. The number of hydrogen-bond donors (Lipinski definition) is 2. The van der Waals surface area contributed by atoms with Crippen LogP contribution < -0.4 is 15.4 Å². The number of anilines is 3. The molecule has 1 aliphatic rings. The number of halogens is 3. The molecule has 1 aliphatic carbocycles. The van der Waals surface area contributed by atoms with E-state index >= 15 is 0 Å². The molecule has 8 heteroatoms. The molecule has 0 atom stereocenters. The lowest BCUT2D eigenvalue weighted by molar-refractivity contribution is -0.274. The second-order valence-corrected chi connectivity index (χ2v) is 8.56. The maximum Gasteiger partial charge on any atom is 0.573 e. The standard InChI is InChI=1S/C25H27F3N4O/c1-15-11-16(2)23(17(3)12-15)31-22-14-21(30-24(32-22)29-19-8-4-5-9-19)18-7-6-10-20(13-18)33-25(26,27)28/h6-7,10-14,19H,4-5,8-9H2,1-3H3,(H2,29,30,31,32). The van der Waals surface area contributed by atoms with E-state index in [1.54, 1.807) is 12.1 Å². The van der Waals surface area contributed by atoms with Crippen LogP contribution in [0, 0.1) is 20.8 Å². The molecule has 0 bridgehead atoms. The first-order valence-corrected chi connectivity index (χ1v) is 11.0. The van der Waals surface area contributed by atoms with Gasteiger partial charge in [0.2, 0.25) is 5.95 Å². The number of hydrogen-bond acceptors (Lipinski definition) is 5. The Bertz CT molecular complexity index is 1120. The van der Waals surface area contributed by atoms with Crippen molar-refractivity contribution in [1.29, 1.82) is 0 Å². The lowest BCUT2D eigenvalue weighted by Crippen LogP contribution is -2.17. The van der Waals surface area contributed by atoms with Crippen LogP contribution in [-0.2, 0) is 0 Å². The Kier molecular flexibility index (Phi) is 6.44. The zero-order valence-electron chi connectivity index (χ0n) is 18.9. The van der Waals surface area contributed by atoms with Gasteiger partial charge in [0, 0.05) is 23.4 Å². The molecule has 0 radical (unpaired) electrons. The minimum absolute atomic E-state index is 0.288. The van der Waals surface area contributed by atoms with Crippen LogP contribution in [0.15, 0.2) is 42.5 Å². The zero-order chi connectivity index (χ0) is 23.6. The van der Waals surface area contributed by atoms with Crippen LogP contribution in [0.4, 0.5) is 30.6 Å². The molecule has 5 nitrogen and oxygen atoms in total. The summed E-state index contributed by atoms with van der Waals surface area (Å²) in [6.07, 6.45) is -0.363. The van der Waals surface area contributed by atoms with Crippen molar-refractivity contribution in [1.82, 2.24) is 9.97 Å². The average molecular weight is 457 g/mol. The van der Waals surface area contributed by atoms with Crippen LogP contribution >= 0.6 is 0 Å². The van der Waals surface area contributed by atoms with Crippen molar-refractivity contribution in [2.75, 3.05) is 10.6 Å². The van der Waals surface area contributed by atoms with Gasteiger partial charge in [-0.3, -0.25) is 0 Å². The van der Waals surface area contributed by atoms with Crippen molar-refractivity contribution in [2.45, 2.75) is 58.9 Å². The maximum absolute atomic E-state index is 12.7. The first kappa shape index (κ1) is 22.9. The maximum atomic E-state index is 12.7. The Balaban J connectivity index is 1.72. The molecular formula is C25H27F3N4O. The van der Waals surface area contributed by atoms with E-state index in [2.05, 4.69) is 37.5 Å². The van der Waals surface area contributed by atoms with E-state index in [-0.39, 0.29) is 11.8 Å². The highest BCUT2D eigenvalue weighted by molar-refractivity contribution is 5.71. The summed E-state index contributed by atoms with van der Waals surface area (Å²) in [7, 11) is 0. The molecule has 1 heterocycles. The molecule has 0 spiro atoms. The summed E-state index contributed by atoms with van der Waals surface area (Å²) in [4.78, 5) is 9.27. The summed E-state index contributed by atoms with van der Waals surface area (Å²) >= 11 is 0. The van der Waals surface area contributed by atoms with Crippen molar-refractivity contribution < 1.29 is 17.9 Å². The molecule has 1 saturated carbocycles. The van der Waals surface area contributed by atoms with Crippen molar-refractivity contribution in [3.63, 3.8) is 0 Å². The number of benzene rings is 2. The molecule has 4 rings (SSSR count). The number of aryl methyl sites for hydroxylation is 3. The van der Waals surface area contributed by atoms with Crippen molar-refractivity contribution in [3.8, 4) is 17.0 Å². The fourth-order valence-electron chi connectivity index (χ4n) is 4.33. The van der Waals surface area contributed by atoms with Crippen LogP contribution in [0.2, 0.25) is 0 Å². The second kappa shape index (κ2) is 9.29. The number of nitrogens with zero attached hydrogens (tertiary/aromatic N) is 2. The van der Waals surface area contributed by atoms with Gasteiger partial charge < -0.3 is 15.4 Å². The van der Waals surface area contributed by atoms with Gasteiger partial charge >= 0.3 is 6.36 Å². The smallest absolute Gasteiger partial charge is 0.406 e. The fraction of sp³-hybridized carbons (Fsp3) is 0.360. The van der Waals surface area contributed by atoms with Gasteiger partial charge in [-0.2, -0.15) is 4.98 Å². The van der Waals surface area contributed by atoms with Gasteiger partial charge in [-0.15, -0.1) is 13.2 Å². The topological polar surface area (TPSA) is 59.1 Å². The minimum atomic E-state index is -4.76. The van der Waals surface area contributed by atoms with Gasteiger partial charge in [0.1, 0.15) is 11.6 Å². The van der Waals surface area contributed by atoms with E-state index in [0.717, 1.165) is 42.5 Å². The van der Waals surface area contributed by atoms with E-state index < -0.39 is 6.36 Å². The van der Waals surface area contributed by atoms with Gasteiger partial charge in [0.15, 0.2) is 0 Å². The molecule has 1 aromatic heterocycles. The lowest BCUT2D eigenvalue weighted by Gasteiger charge is -2.17. The van der Waals surface area contributed by atoms with Gasteiger partial charge in [0.25, 0.3) is 0 Å². The molecule has 0 amide bonds. The number of rotatable bonds is 6. The summed E-state index contributed by atoms with van der Waals surface area (Å²) < 4.78 is 42.2. The van der Waals surface area contributed by atoms with Gasteiger partial charge in [0.05, 0.1) is 5.69 Å². The Hall–Kier alpha value is -3.29. The van der Waals surface area contributed by atoms with E-state index in [1.807, 2.05) is 20.8 Å². The quantitative estimate of drug-likeness (QED) is 0.416. The second-order valence-electron chi connectivity index (χ2n) is 8.56. The molecule has 0 unspecified atom stereocenters. The first-order valence-electron chi connectivity index (χ1n) is 11.0. The summed E-state index contributed by atoms with van der Waals surface area (Å²) in [6, 6.07) is 12.0. The minimum Gasteiger partial charge on any atom is -0.406 e. The third-order valence-electron chi connectivity index (χ3n) is 5.71. The van der Waals surface area contributed by atoms with Crippen LogP contribution in [0.1, 0.15) is 42.4 Å². The van der Waals surface area contributed by atoms with Crippen LogP contribution in [0.25, 0.3) is 11.3 Å². The lowest BCUT2D eigenvalue weighted by atomic mass is 10.1. The predicted molar refractivity (Wildman–Crippen MR) is 124 cm³/mol. The van der Waals surface area contributed by atoms with Gasteiger partial charge in [-0.25, -0.2) is 4.98 Å². The number of aromatic nitrogens is 2. The average Bonchev–Trinajstić information content (AvgIpc) is 3.22. The van der Waals surface area contributed by atoms with E-state index in [9.17, 15) is 13.2 Å². The molecule has 33 heavy (non-hydrogen) atoms. The summed E-state index contributed by atoms with van der Waals surface area (Å²) in [5.74, 6) is 0.729. The number of alkyl halides is 3. The summed E-state index contributed by atoms with van der Waals surface area (Å²) in [6.45, 7) is 6.10. The van der Waals surface area contributed by atoms with Crippen LogP contribution in [0.5, 0.6) is 5.75 Å². The van der Waals surface area contributed by atoms with Gasteiger partial charge in [-0.1, -0.05) is 42.7 Å². The Morgan fingerprint density at radius 3 is 2.30 bits per heavy atom. The summed E-state index contributed by atoms with van der Waals surface area (Å²) in [5.41, 5.74) is 5.30. The molecule has 1 fully saturated rings.